The highest BCUT2D eigenvalue weighted by molar-refractivity contribution is 6.68. The molecule has 0 spiro atoms. The van der Waals surface area contributed by atoms with Gasteiger partial charge in [-0.15, -0.1) is 10.2 Å². The molecule has 1 N–H and O–H groups in total. The highest BCUT2D eigenvalue weighted by Crippen LogP contribution is 2.24. The number of nitrogens with zero attached hydrogens (tertiary/aromatic N) is 7. The number of aliphatic hydroxyl groups excluding tert-OH is 1. The van der Waals surface area contributed by atoms with Crippen LogP contribution in [0.1, 0.15) is 16.2 Å². The van der Waals surface area contributed by atoms with Crippen LogP contribution in [-0.4, -0.2) is 56.7 Å². The molecule has 1 aromatic carbocycles. The summed E-state index contributed by atoms with van der Waals surface area (Å²) in [5, 5.41) is 17.5. The van der Waals surface area contributed by atoms with Crippen molar-refractivity contribution < 1.29 is 23.1 Å². The molecule has 0 saturated heterocycles. The molecule has 4 rings (SSSR count). The normalized spacial score (nSPS) is 12.6. The Balaban J connectivity index is 1.71. The van der Waals surface area contributed by atoms with Gasteiger partial charge in [0.05, 0.1) is 12.1 Å². The van der Waals surface area contributed by atoms with Gasteiger partial charge in [0.15, 0.2) is 23.6 Å². The lowest BCUT2D eigenvalue weighted by Crippen LogP contribution is -2.37. The van der Waals surface area contributed by atoms with E-state index in [4.69, 9.17) is 23.2 Å². The Morgan fingerprint density at radius 1 is 1.11 bits per heavy atom. The minimum absolute atomic E-state index is 0.0504. The largest absolute Gasteiger partial charge is 0.416 e. The van der Waals surface area contributed by atoms with E-state index in [-0.39, 0.29) is 29.6 Å². The Morgan fingerprint density at radius 3 is 2.49 bits per heavy atom. The van der Waals surface area contributed by atoms with Crippen molar-refractivity contribution in [2.45, 2.75) is 25.4 Å². The molecular weight excluding hydrogens is 514 g/mol. The number of hydrogen-bond donors (Lipinski definition) is 1. The lowest BCUT2D eigenvalue weighted by Gasteiger charge is -2.15. The van der Waals surface area contributed by atoms with Gasteiger partial charge in [-0.3, -0.25) is 9.36 Å². The van der Waals surface area contributed by atoms with Gasteiger partial charge in [-0.1, -0.05) is 11.6 Å². The molecule has 0 fully saturated rings. The predicted octanol–water partition coefficient (Wildman–Crippen LogP) is 2.69. The SMILES string of the molecule is O=C(Cl)c1cccnc1-n1cnc(Cn2nc(-c3ccc(Cl)cc3)n(C[C@H](O)C(F)(F)F)c2=O)n1. The number of hydrogen-bond acceptors (Lipinski definition) is 7. The summed E-state index contributed by atoms with van der Waals surface area (Å²) in [4.78, 5) is 32.7. The number of aliphatic hydroxyl groups is 1. The predicted molar refractivity (Wildman–Crippen MR) is 117 cm³/mol. The minimum atomic E-state index is -4.95. The maximum absolute atomic E-state index is 13.0. The first-order valence-corrected chi connectivity index (χ1v) is 10.5. The quantitative estimate of drug-likeness (QED) is 0.366. The van der Waals surface area contributed by atoms with E-state index < -0.39 is 29.8 Å². The van der Waals surface area contributed by atoms with Crippen LogP contribution in [0.25, 0.3) is 17.2 Å². The molecule has 35 heavy (non-hydrogen) atoms. The van der Waals surface area contributed by atoms with Crippen molar-refractivity contribution in [3.05, 3.63) is 75.8 Å². The summed E-state index contributed by atoms with van der Waals surface area (Å²) < 4.78 is 41.7. The van der Waals surface area contributed by atoms with Gasteiger partial charge in [-0.05, 0) is 48.0 Å². The third-order valence-electron chi connectivity index (χ3n) is 4.80. The van der Waals surface area contributed by atoms with Crippen molar-refractivity contribution in [2.24, 2.45) is 0 Å². The van der Waals surface area contributed by atoms with Crippen molar-refractivity contribution in [3.63, 3.8) is 0 Å². The molecule has 15 heteroatoms. The van der Waals surface area contributed by atoms with Gasteiger partial charge in [0, 0.05) is 16.8 Å². The molecule has 0 aliphatic carbocycles. The molecular formula is C20H14Cl2F3N7O3. The van der Waals surface area contributed by atoms with Crippen LogP contribution in [0.5, 0.6) is 0 Å². The van der Waals surface area contributed by atoms with Crippen LogP contribution in [0.3, 0.4) is 0 Å². The van der Waals surface area contributed by atoms with Crippen molar-refractivity contribution in [3.8, 4) is 17.2 Å². The lowest BCUT2D eigenvalue weighted by molar-refractivity contribution is -0.207. The molecule has 182 valence electrons. The maximum atomic E-state index is 13.0. The van der Waals surface area contributed by atoms with E-state index >= 15 is 0 Å². The first-order chi connectivity index (χ1) is 16.5. The molecule has 0 aliphatic heterocycles. The minimum Gasteiger partial charge on any atom is -0.382 e. The van der Waals surface area contributed by atoms with Gasteiger partial charge in [0.1, 0.15) is 12.9 Å². The molecule has 0 unspecified atom stereocenters. The average Bonchev–Trinajstić information content (AvgIpc) is 3.39. The Kier molecular flexibility index (Phi) is 6.74. The third-order valence-corrected chi connectivity index (χ3v) is 5.26. The van der Waals surface area contributed by atoms with Gasteiger partial charge in [-0.25, -0.2) is 24.1 Å². The molecule has 10 nitrogen and oxygen atoms in total. The molecule has 3 aromatic heterocycles. The highest BCUT2D eigenvalue weighted by atomic mass is 35.5. The molecule has 3 heterocycles. The summed E-state index contributed by atoms with van der Waals surface area (Å²) in [5.41, 5.74) is -0.556. The van der Waals surface area contributed by atoms with Crippen molar-refractivity contribution in [1.29, 1.82) is 0 Å². The standard InChI is InChI=1S/C20H14Cl2F3N7O3/c21-12-5-3-11(4-6-12)17-29-31(19(35)30(17)8-14(33)20(23,24)25)9-15-27-10-32(28-15)18-13(16(22)34)2-1-7-26-18/h1-7,10,14,33H,8-9H2/t14-/m0/s1. The van der Waals surface area contributed by atoms with Crippen molar-refractivity contribution >= 4 is 28.4 Å². The number of pyridine rings is 1. The number of carbonyl (C=O) groups excluding carboxylic acids is 1. The van der Waals surface area contributed by atoms with Crippen LogP contribution in [0.2, 0.25) is 5.02 Å². The van der Waals surface area contributed by atoms with Crippen molar-refractivity contribution in [1.82, 2.24) is 34.1 Å². The molecule has 0 saturated carbocycles. The summed E-state index contributed by atoms with van der Waals surface area (Å²) >= 11 is 11.4. The number of aromatic nitrogens is 7. The molecule has 0 bridgehead atoms. The van der Waals surface area contributed by atoms with E-state index in [0.717, 1.165) is 4.68 Å². The molecule has 0 amide bonds. The number of carbonyl (C=O) groups is 1. The van der Waals surface area contributed by atoms with Gasteiger partial charge in [0.2, 0.25) is 0 Å². The topological polar surface area (TPSA) is 121 Å². The van der Waals surface area contributed by atoms with Gasteiger partial charge < -0.3 is 5.11 Å². The van der Waals surface area contributed by atoms with Crippen LogP contribution < -0.4 is 5.69 Å². The van der Waals surface area contributed by atoms with Crippen LogP contribution >= 0.6 is 23.2 Å². The first kappa shape index (κ1) is 24.6. The lowest BCUT2D eigenvalue weighted by atomic mass is 10.2. The summed E-state index contributed by atoms with van der Waals surface area (Å²) in [5.74, 6) is 0.0304. The van der Waals surface area contributed by atoms with Crippen molar-refractivity contribution in [2.75, 3.05) is 0 Å². The zero-order chi connectivity index (χ0) is 25.3. The van der Waals surface area contributed by atoms with E-state index in [1.807, 2.05) is 0 Å². The first-order valence-electron chi connectivity index (χ1n) is 9.78. The second-order valence-corrected chi connectivity index (χ2v) is 7.97. The van der Waals surface area contributed by atoms with E-state index in [1.54, 1.807) is 0 Å². The van der Waals surface area contributed by atoms with Gasteiger partial charge in [0.25, 0.3) is 5.24 Å². The van der Waals surface area contributed by atoms with E-state index in [0.29, 0.717) is 15.2 Å². The maximum Gasteiger partial charge on any atom is 0.416 e. The van der Waals surface area contributed by atoms with Gasteiger partial charge >= 0.3 is 11.9 Å². The smallest absolute Gasteiger partial charge is 0.382 e. The van der Waals surface area contributed by atoms with Gasteiger partial charge in [-0.2, -0.15) is 13.2 Å². The average molecular weight is 528 g/mol. The third kappa shape index (κ3) is 5.26. The summed E-state index contributed by atoms with van der Waals surface area (Å²) in [6, 6.07) is 8.87. The summed E-state index contributed by atoms with van der Waals surface area (Å²) in [7, 11) is 0. The van der Waals surface area contributed by atoms with Crippen LogP contribution in [0.4, 0.5) is 13.2 Å². The fourth-order valence-electron chi connectivity index (χ4n) is 3.14. The monoisotopic (exact) mass is 527 g/mol. The second-order valence-electron chi connectivity index (χ2n) is 7.19. The van der Waals surface area contributed by atoms with E-state index in [9.17, 15) is 27.9 Å². The fourth-order valence-corrected chi connectivity index (χ4v) is 3.41. The zero-order valence-electron chi connectivity index (χ0n) is 17.4. The highest BCUT2D eigenvalue weighted by Gasteiger charge is 2.39. The molecule has 1 atom stereocenters. The molecule has 4 aromatic rings. The number of benzene rings is 1. The number of alkyl halides is 3. The summed E-state index contributed by atoms with van der Waals surface area (Å²) in [6.45, 7) is -1.39. The molecule has 0 aliphatic rings. The number of halogens is 5. The fraction of sp³-hybridized carbons (Fsp3) is 0.200. The number of rotatable bonds is 7. The molecule has 0 radical (unpaired) electrons. The van der Waals surface area contributed by atoms with E-state index in [2.05, 4.69) is 20.2 Å². The zero-order valence-corrected chi connectivity index (χ0v) is 18.9. The Bertz CT molecular complexity index is 1430. The van der Waals surface area contributed by atoms with E-state index in [1.165, 1.54) is 53.6 Å². The van der Waals surface area contributed by atoms with Crippen LogP contribution in [0, 0.1) is 0 Å². The second kappa shape index (κ2) is 9.60. The Labute approximate surface area is 204 Å². The Morgan fingerprint density at radius 2 is 1.83 bits per heavy atom. The summed E-state index contributed by atoms with van der Waals surface area (Å²) in [6.07, 6.45) is -5.09. The van der Waals surface area contributed by atoms with Crippen LogP contribution in [0.15, 0.2) is 53.7 Å². The Hall–Kier alpha value is -3.55. The van der Waals surface area contributed by atoms with Crippen LogP contribution in [-0.2, 0) is 13.1 Å².